The van der Waals surface area contributed by atoms with E-state index in [4.69, 9.17) is 13.9 Å². The Morgan fingerprint density at radius 1 is 1.15 bits per heavy atom. The summed E-state index contributed by atoms with van der Waals surface area (Å²) < 4.78 is 16.8. The van der Waals surface area contributed by atoms with Gasteiger partial charge in [0.15, 0.2) is 11.5 Å². The van der Waals surface area contributed by atoms with Gasteiger partial charge in [0.2, 0.25) is 17.7 Å². The molecule has 4 rings (SSSR count). The fourth-order valence-corrected chi connectivity index (χ4v) is 3.17. The molecule has 0 aliphatic carbocycles. The fourth-order valence-electron chi connectivity index (χ4n) is 2.54. The lowest BCUT2D eigenvalue weighted by Crippen LogP contribution is -2.12. The molecule has 7 nitrogen and oxygen atoms in total. The quantitative estimate of drug-likeness (QED) is 0.738. The maximum Gasteiger partial charge on any atom is 0.248 e. The van der Waals surface area contributed by atoms with Gasteiger partial charge < -0.3 is 19.2 Å². The standard InChI is InChI=1S/C18H17N3O4S/c22-16(4-5-17-20-21-18(25-17)12-6-9-26-11-12)19-13-2-3-14-15(10-13)24-8-1-7-23-14/h2-3,6,9-11H,1,4-5,7-8H2,(H,19,22). The zero-order valence-corrected chi connectivity index (χ0v) is 14.8. The maximum absolute atomic E-state index is 12.2. The molecule has 8 heteroatoms. The minimum Gasteiger partial charge on any atom is -0.490 e. The molecule has 1 amide bonds. The van der Waals surface area contributed by atoms with Crippen molar-refractivity contribution in [3.8, 4) is 23.0 Å². The number of aryl methyl sites for hydroxylation is 1. The average Bonchev–Trinajstić information content (AvgIpc) is 3.28. The molecule has 0 saturated carbocycles. The van der Waals surface area contributed by atoms with Crippen LogP contribution in [0.5, 0.6) is 11.5 Å². The zero-order valence-electron chi connectivity index (χ0n) is 13.9. The van der Waals surface area contributed by atoms with Crippen LogP contribution in [0.25, 0.3) is 11.5 Å². The number of hydrogen-bond donors (Lipinski definition) is 1. The molecule has 0 atom stereocenters. The van der Waals surface area contributed by atoms with Crippen LogP contribution in [0.2, 0.25) is 0 Å². The van der Waals surface area contributed by atoms with E-state index >= 15 is 0 Å². The van der Waals surface area contributed by atoms with E-state index in [1.54, 1.807) is 29.5 Å². The van der Waals surface area contributed by atoms with Gasteiger partial charge in [-0.2, -0.15) is 11.3 Å². The predicted octanol–water partition coefficient (Wildman–Crippen LogP) is 3.53. The zero-order chi connectivity index (χ0) is 17.8. The molecule has 0 bridgehead atoms. The molecule has 0 radical (unpaired) electrons. The van der Waals surface area contributed by atoms with Crippen LogP contribution in [0, 0.1) is 0 Å². The Morgan fingerprint density at radius 2 is 2.04 bits per heavy atom. The van der Waals surface area contributed by atoms with E-state index in [-0.39, 0.29) is 12.3 Å². The summed E-state index contributed by atoms with van der Waals surface area (Å²) in [6.45, 7) is 1.24. The van der Waals surface area contributed by atoms with Gasteiger partial charge >= 0.3 is 0 Å². The van der Waals surface area contributed by atoms with Gasteiger partial charge in [-0.05, 0) is 23.6 Å². The molecule has 1 aliphatic heterocycles. The number of amides is 1. The highest BCUT2D eigenvalue weighted by atomic mass is 32.1. The van der Waals surface area contributed by atoms with Gasteiger partial charge in [0, 0.05) is 42.0 Å². The number of benzene rings is 1. The number of ether oxygens (including phenoxy) is 2. The van der Waals surface area contributed by atoms with Crippen LogP contribution in [-0.4, -0.2) is 29.3 Å². The number of carbonyl (C=O) groups excluding carboxylic acids is 1. The van der Waals surface area contributed by atoms with Gasteiger partial charge in [0.1, 0.15) is 0 Å². The molecule has 0 fully saturated rings. The second-order valence-corrected chi connectivity index (χ2v) is 6.55. The lowest BCUT2D eigenvalue weighted by molar-refractivity contribution is -0.116. The van der Waals surface area contributed by atoms with Crippen molar-refractivity contribution in [3.05, 3.63) is 40.9 Å². The third kappa shape index (κ3) is 3.85. The van der Waals surface area contributed by atoms with Crippen molar-refractivity contribution in [2.24, 2.45) is 0 Å². The lowest BCUT2D eigenvalue weighted by atomic mass is 10.2. The fraction of sp³-hybridized carbons (Fsp3) is 0.278. The molecule has 3 aromatic rings. The molecule has 0 saturated heterocycles. The van der Waals surface area contributed by atoms with Crippen molar-refractivity contribution in [1.29, 1.82) is 0 Å². The molecule has 0 spiro atoms. The van der Waals surface area contributed by atoms with Crippen LogP contribution in [0.15, 0.2) is 39.4 Å². The van der Waals surface area contributed by atoms with Crippen LogP contribution < -0.4 is 14.8 Å². The highest BCUT2D eigenvalue weighted by Gasteiger charge is 2.13. The number of rotatable bonds is 5. The molecular weight excluding hydrogens is 354 g/mol. The van der Waals surface area contributed by atoms with Crippen molar-refractivity contribution < 1.29 is 18.7 Å². The van der Waals surface area contributed by atoms with Crippen LogP contribution in [0.3, 0.4) is 0 Å². The van der Waals surface area contributed by atoms with Crippen molar-refractivity contribution in [3.63, 3.8) is 0 Å². The summed E-state index contributed by atoms with van der Waals surface area (Å²) in [5, 5.41) is 14.7. The smallest absolute Gasteiger partial charge is 0.248 e. The molecular formula is C18H17N3O4S. The third-order valence-electron chi connectivity index (χ3n) is 3.83. The summed E-state index contributed by atoms with van der Waals surface area (Å²) in [4.78, 5) is 12.2. The Bertz CT molecular complexity index is 892. The predicted molar refractivity (Wildman–Crippen MR) is 96.6 cm³/mol. The van der Waals surface area contributed by atoms with Crippen LogP contribution in [0.1, 0.15) is 18.7 Å². The van der Waals surface area contributed by atoms with E-state index in [1.807, 2.05) is 16.8 Å². The van der Waals surface area contributed by atoms with Gasteiger partial charge in [-0.3, -0.25) is 4.79 Å². The Hall–Kier alpha value is -2.87. The van der Waals surface area contributed by atoms with E-state index in [0.717, 1.165) is 12.0 Å². The van der Waals surface area contributed by atoms with Gasteiger partial charge in [0.05, 0.1) is 13.2 Å². The summed E-state index contributed by atoms with van der Waals surface area (Å²) in [6.07, 6.45) is 1.47. The van der Waals surface area contributed by atoms with Crippen molar-refractivity contribution >= 4 is 22.9 Å². The highest BCUT2D eigenvalue weighted by Crippen LogP contribution is 2.32. The van der Waals surface area contributed by atoms with Crippen molar-refractivity contribution in [1.82, 2.24) is 10.2 Å². The Morgan fingerprint density at radius 3 is 2.88 bits per heavy atom. The summed E-state index contributed by atoms with van der Waals surface area (Å²) in [5.74, 6) is 2.14. The largest absolute Gasteiger partial charge is 0.490 e. The average molecular weight is 371 g/mol. The van der Waals surface area contributed by atoms with E-state index in [9.17, 15) is 4.79 Å². The Labute approximate surface area is 154 Å². The summed E-state index contributed by atoms with van der Waals surface area (Å²) in [6, 6.07) is 7.30. The van der Waals surface area contributed by atoms with Crippen LogP contribution >= 0.6 is 11.3 Å². The molecule has 3 heterocycles. The van der Waals surface area contributed by atoms with Gasteiger partial charge in [0.25, 0.3) is 0 Å². The minimum absolute atomic E-state index is 0.130. The van der Waals surface area contributed by atoms with Gasteiger partial charge in [-0.1, -0.05) is 0 Å². The van der Waals surface area contributed by atoms with Gasteiger partial charge in [-0.15, -0.1) is 10.2 Å². The molecule has 26 heavy (non-hydrogen) atoms. The first-order valence-corrected chi connectivity index (χ1v) is 9.27. The monoisotopic (exact) mass is 371 g/mol. The summed E-state index contributed by atoms with van der Waals surface area (Å²) in [5.41, 5.74) is 1.56. The van der Waals surface area contributed by atoms with E-state index < -0.39 is 0 Å². The second-order valence-electron chi connectivity index (χ2n) is 5.77. The lowest BCUT2D eigenvalue weighted by Gasteiger charge is -2.10. The molecule has 1 N–H and O–H groups in total. The first kappa shape index (κ1) is 16.6. The maximum atomic E-state index is 12.2. The molecule has 1 aliphatic rings. The highest BCUT2D eigenvalue weighted by molar-refractivity contribution is 7.08. The van der Waals surface area contributed by atoms with Gasteiger partial charge in [-0.25, -0.2) is 0 Å². The SMILES string of the molecule is O=C(CCc1nnc(-c2ccsc2)o1)Nc1ccc2c(c1)OCCCO2. The number of hydrogen-bond acceptors (Lipinski definition) is 7. The molecule has 1 aromatic carbocycles. The normalized spacial score (nSPS) is 13.2. The second kappa shape index (κ2) is 7.57. The Balaban J connectivity index is 1.34. The first-order chi connectivity index (χ1) is 12.8. The number of carbonyl (C=O) groups is 1. The third-order valence-corrected chi connectivity index (χ3v) is 4.52. The number of thiophene rings is 1. The molecule has 0 unspecified atom stereocenters. The molecule has 134 valence electrons. The van der Waals surface area contributed by atoms with Crippen LogP contribution in [-0.2, 0) is 11.2 Å². The summed E-state index contributed by atoms with van der Waals surface area (Å²) in [7, 11) is 0. The number of aromatic nitrogens is 2. The van der Waals surface area contributed by atoms with E-state index in [1.165, 1.54) is 0 Å². The summed E-state index contributed by atoms with van der Waals surface area (Å²) >= 11 is 1.56. The molecule has 2 aromatic heterocycles. The van der Waals surface area contributed by atoms with Crippen molar-refractivity contribution in [2.45, 2.75) is 19.3 Å². The number of nitrogens with one attached hydrogen (secondary N) is 1. The number of nitrogens with zero attached hydrogens (tertiary/aromatic N) is 2. The van der Waals surface area contributed by atoms with E-state index in [0.29, 0.717) is 48.6 Å². The number of fused-ring (bicyclic) bond motifs is 1. The topological polar surface area (TPSA) is 86.5 Å². The minimum atomic E-state index is -0.130. The van der Waals surface area contributed by atoms with Crippen molar-refractivity contribution in [2.75, 3.05) is 18.5 Å². The first-order valence-electron chi connectivity index (χ1n) is 8.32. The van der Waals surface area contributed by atoms with Crippen LogP contribution in [0.4, 0.5) is 5.69 Å². The number of anilines is 1. The van der Waals surface area contributed by atoms with E-state index in [2.05, 4.69) is 15.5 Å². The Kier molecular flexibility index (Phi) is 4.83.